The van der Waals surface area contributed by atoms with Crippen LogP contribution >= 0.6 is 0 Å². The van der Waals surface area contributed by atoms with Crippen molar-refractivity contribution in [2.24, 2.45) is 0 Å². The Morgan fingerprint density at radius 3 is 2.67 bits per heavy atom. The lowest BCUT2D eigenvalue weighted by Gasteiger charge is -2.35. The van der Waals surface area contributed by atoms with Gasteiger partial charge < -0.3 is 14.3 Å². The first-order valence-electron chi connectivity index (χ1n) is 8.42. The molecule has 0 radical (unpaired) electrons. The van der Waals surface area contributed by atoms with Gasteiger partial charge in [0.05, 0.1) is 24.7 Å². The van der Waals surface area contributed by atoms with E-state index in [0.717, 1.165) is 44.2 Å². The van der Waals surface area contributed by atoms with Gasteiger partial charge in [-0.25, -0.2) is 0 Å². The van der Waals surface area contributed by atoms with E-state index in [2.05, 4.69) is 20.9 Å². The fraction of sp³-hybridized carbons (Fsp3) is 0.500. The summed E-state index contributed by atoms with van der Waals surface area (Å²) in [7, 11) is 0. The lowest BCUT2D eigenvalue weighted by Crippen LogP contribution is -2.48. The largest absolute Gasteiger partial charge is 0.467 e. The van der Waals surface area contributed by atoms with E-state index in [0.29, 0.717) is 19.8 Å². The van der Waals surface area contributed by atoms with Crippen LogP contribution in [0.25, 0.3) is 0 Å². The Bertz CT molecular complexity index is 568. The maximum Gasteiger partial charge on any atom is 0.129 e. The highest BCUT2D eigenvalue weighted by atomic mass is 16.5. The molecule has 0 bridgehead atoms. The Morgan fingerprint density at radius 2 is 1.96 bits per heavy atom. The fourth-order valence-electron chi connectivity index (χ4n) is 2.89. The van der Waals surface area contributed by atoms with Gasteiger partial charge in [-0.15, -0.1) is 0 Å². The van der Waals surface area contributed by atoms with Gasteiger partial charge in [0.2, 0.25) is 0 Å². The Hall–Kier alpha value is -1.73. The van der Waals surface area contributed by atoms with Crippen molar-refractivity contribution in [1.29, 1.82) is 0 Å². The minimum absolute atomic E-state index is 0.328. The fourth-order valence-corrected chi connectivity index (χ4v) is 2.89. The molecule has 130 valence electrons. The molecule has 1 N–H and O–H groups in total. The average Bonchev–Trinajstić information content (AvgIpc) is 3.11. The molecule has 1 unspecified atom stereocenters. The molecule has 0 saturated carbocycles. The number of nitrogens with zero attached hydrogens (tertiary/aromatic N) is 3. The molecule has 2 aromatic heterocycles. The molecule has 1 atom stereocenters. The van der Waals surface area contributed by atoms with Crippen molar-refractivity contribution in [2.75, 3.05) is 39.3 Å². The first-order valence-corrected chi connectivity index (χ1v) is 8.42. The SMILES string of the molecule is OC(COCc1ccco1)CN1CCN(Cc2ccccn2)CC1. The second kappa shape index (κ2) is 8.94. The molecule has 3 rings (SSSR count). The van der Waals surface area contributed by atoms with E-state index >= 15 is 0 Å². The highest BCUT2D eigenvalue weighted by Crippen LogP contribution is 2.08. The molecule has 0 aromatic carbocycles. The van der Waals surface area contributed by atoms with Crippen LogP contribution in [0, 0.1) is 0 Å². The van der Waals surface area contributed by atoms with Crippen molar-refractivity contribution >= 4 is 0 Å². The average molecular weight is 331 g/mol. The van der Waals surface area contributed by atoms with E-state index in [-0.39, 0.29) is 0 Å². The number of furan rings is 1. The normalized spacial score (nSPS) is 17.9. The van der Waals surface area contributed by atoms with Gasteiger partial charge in [-0.05, 0) is 24.3 Å². The molecule has 1 aliphatic heterocycles. The van der Waals surface area contributed by atoms with Crippen molar-refractivity contribution in [3.05, 3.63) is 54.2 Å². The summed E-state index contributed by atoms with van der Waals surface area (Å²) in [6.07, 6.45) is 2.99. The zero-order valence-electron chi connectivity index (χ0n) is 13.9. The maximum atomic E-state index is 10.1. The Kier molecular flexibility index (Phi) is 6.37. The molecule has 1 saturated heterocycles. The van der Waals surface area contributed by atoms with E-state index in [9.17, 15) is 5.11 Å². The summed E-state index contributed by atoms with van der Waals surface area (Å²) in [5, 5.41) is 10.1. The number of aliphatic hydroxyl groups is 1. The van der Waals surface area contributed by atoms with Crippen molar-refractivity contribution < 1.29 is 14.3 Å². The van der Waals surface area contributed by atoms with Gasteiger partial charge in [-0.1, -0.05) is 6.07 Å². The van der Waals surface area contributed by atoms with Crippen LogP contribution in [-0.2, 0) is 17.9 Å². The summed E-state index contributed by atoms with van der Waals surface area (Å²) >= 11 is 0. The predicted molar refractivity (Wildman–Crippen MR) is 90.3 cm³/mol. The lowest BCUT2D eigenvalue weighted by atomic mass is 10.2. The molecule has 1 aliphatic rings. The van der Waals surface area contributed by atoms with E-state index in [1.807, 2.05) is 30.5 Å². The highest BCUT2D eigenvalue weighted by molar-refractivity contribution is 5.03. The minimum atomic E-state index is -0.470. The summed E-state index contributed by atoms with van der Waals surface area (Å²) in [6, 6.07) is 9.73. The summed E-state index contributed by atoms with van der Waals surface area (Å²) < 4.78 is 10.7. The molecule has 0 aliphatic carbocycles. The van der Waals surface area contributed by atoms with Gasteiger partial charge in [0.1, 0.15) is 12.4 Å². The van der Waals surface area contributed by atoms with Gasteiger partial charge in [0, 0.05) is 45.5 Å². The van der Waals surface area contributed by atoms with Crippen LogP contribution in [-0.4, -0.2) is 65.3 Å². The Morgan fingerprint density at radius 1 is 1.12 bits per heavy atom. The van der Waals surface area contributed by atoms with Crippen LogP contribution in [0.1, 0.15) is 11.5 Å². The standard InChI is InChI=1S/C18H25N3O3/c22-17(14-23-15-18-5-3-11-24-18)13-21-9-7-20(8-10-21)12-16-4-1-2-6-19-16/h1-6,11,17,22H,7-10,12-15H2. The van der Waals surface area contributed by atoms with Crippen molar-refractivity contribution in [3.63, 3.8) is 0 Å². The van der Waals surface area contributed by atoms with Crippen LogP contribution in [0.15, 0.2) is 47.2 Å². The minimum Gasteiger partial charge on any atom is -0.467 e. The van der Waals surface area contributed by atoms with Crippen LogP contribution < -0.4 is 0 Å². The van der Waals surface area contributed by atoms with Crippen molar-refractivity contribution in [2.45, 2.75) is 19.3 Å². The highest BCUT2D eigenvalue weighted by Gasteiger charge is 2.19. The van der Waals surface area contributed by atoms with Gasteiger partial charge in [-0.3, -0.25) is 14.8 Å². The van der Waals surface area contributed by atoms with Crippen LogP contribution in [0.5, 0.6) is 0 Å². The number of aliphatic hydroxyl groups excluding tert-OH is 1. The summed E-state index contributed by atoms with van der Waals surface area (Å²) in [4.78, 5) is 9.06. The molecule has 1 fully saturated rings. The predicted octanol–water partition coefficient (Wildman–Crippen LogP) is 1.37. The molecule has 0 amide bonds. The molecule has 3 heterocycles. The number of aromatic nitrogens is 1. The van der Waals surface area contributed by atoms with Gasteiger partial charge in [-0.2, -0.15) is 0 Å². The van der Waals surface area contributed by atoms with Crippen LogP contribution in [0.4, 0.5) is 0 Å². The second-order valence-corrected chi connectivity index (χ2v) is 6.15. The van der Waals surface area contributed by atoms with Gasteiger partial charge in [0.15, 0.2) is 0 Å². The molecule has 6 heteroatoms. The molecular weight excluding hydrogens is 306 g/mol. The molecule has 2 aromatic rings. The lowest BCUT2D eigenvalue weighted by molar-refractivity contribution is -0.00314. The van der Waals surface area contributed by atoms with E-state index < -0.39 is 6.10 Å². The molecule has 24 heavy (non-hydrogen) atoms. The number of piperazine rings is 1. The monoisotopic (exact) mass is 331 g/mol. The van der Waals surface area contributed by atoms with Gasteiger partial charge in [0.25, 0.3) is 0 Å². The van der Waals surface area contributed by atoms with E-state index in [4.69, 9.17) is 9.15 Å². The molecule has 0 spiro atoms. The zero-order chi connectivity index (χ0) is 16.6. The quantitative estimate of drug-likeness (QED) is 0.788. The number of hydrogen-bond acceptors (Lipinski definition) is 6. The number of β-amino-alcohol motifs (C(OH)–C–C–N with tert-alkyl or cyclic N) is 1. The van der Waals surface area contributed by atoms with Crippen LogP contribution in [0.2, 0.25) is 0 Å². The van der Waals surface area contributed by atoms with Crippen molar-refractivity contribution in [1.82, 2.24) is 14.8 Å². The zero-order valence-corrected chi connectivity index (χ0v) is 13.9. The summed E-state index contributed by atoms with van der Waals surface area (Å²) in [6.45, 7) is 6.19. The Labute approximate surface area is 142 Å². The number of pyridine rings is 1. The third kappa shape index (κ3) is 5.42. The first-order chi connectivity index (χ1) is 11.8. The number of ether oxygens (including phenoxy) is 1. The topological polar surface area (TPSA) is 62.0 Å². The molecule has 6 nitrogen and oxygen atoms in total. The number of rotatable bonds is 8. The first kappa shape index (κ1) is 17.1. The number of hydrogen-bond donors (Lipinski definition) is 1. The van der Waals surface area contributed by atoms with Crippen LogP contribution in [0.3, 0.4) is 0 Å². The van der Waals surface area contributed by atoms with E-state index in [1.54, 1.807) is 6.26 Å². The third-order valence-electron chi connectivity index (χ3n) is 4.18. The maximum absolute atomic E-state index is 10.1. The second-order valence-electron chi connectivity index (χ2n) is 6.15. The Balaban J connectivity index is 1.31. The van der Waals surface area contributed by atoms with Crippen molar-refractivity contribution in [3.8, 4) is 0 Å². The summed E-state index contributed by atoms with van der Waals surface area (Å²) in [5.41, 5.74) is 1.11. The van der Waals surface area contributed by atoms with Gasteiger partial charge >= 0.3 is 0 Å². The molecular formula is C18H25N3O3. The van der Waals surface area contributed by atoms with E-state index in [1.165, 1.54) is 0 Å². The summed E-state index contributed by atoms with van der Waals surface area (Å²) in [5.74, 6) is 0.783. The third-order valence-corrected chi connectivity index (χ3v) is 4.18. The smallest absolute Gasteiger partial charge is 0.129 e.